The summed E-state index contributed by atoms with van der Waals surface area (Å²) in [6.07, 6.45) is 6.09. The maximum absolute atomic E-state index is 5.85. The van der Waals surface area contributed by atoms with Crippen molar-refractivity contribution >= 4 is 46.3 Å². The van der Waals surface area contributed by atoms with Crippen LogP contribution in [0.2, 0.25) is 0 Å². The molecule has 0 saturated heterocycles. The van der Waals surface area contributed by atoms with Gasteiger partial charge in [0.25, 0.3) is 0 Å². The molecule has 0 saturated carbocycles. The number of aromatic amines is 1. The second kappa shape index (κ2) is 4.82. The Bertz CT molecular complexity index is 890. The van der Waals surface area contributed by atoms with Gasteiger partial charge in [0.2, 0.25) is 0 Å². The second-order valence-electron chi connectivity index (χ2n) is 4.92. The quantitative estimate of drug-likeness (QED) is 0.644. The van der Waals surface area contributed by atoms with Crippen molar-refractivity contribution in [3.8, 4) is 0 Å². The van der Waals surface area contributed by atoms with Gasteiger partial charge in [-0.15, -0.1) is 0 Å². The number of nitrogens with one attached hydrogen (secondary N) is 1. The van der Waals surface area contributed by atoms with E-state index < -0.39 is 0 Å². The SMILES string of the molecule is Nc1ccc2c(c1)SC(=Cc1c[nH]c3ccccc13)C=N2. The van der Waals surface area contributed by atoms with Crippen LogP contribution in [0.15, 0.2) is 63.5 Å². The second-order valence-corrected chi connectivity index (χ2v) is 6.04. The van der Waals surface area contributed by atoms with E-state index in [1.165, 1.54) is 10.9 Å². The van der Waals surface area contributed by atoms with Gasteiger partial charge in [0.1, 0.15) is 0 Å². The number of fused-ring (bicyclic) bond motifs is 2. The highest BCUT2D eigenvalue weighted by atomic mass is 32.2. The third kappa shape index (κ3) is 2.23. The summed E-state index contributed by atoms with van der Waals surface area (Å²) in [4.78, 5) is 9.99. The van der Waals surface area contributed by atoms with Crippen molar-refractivity contribution in [1.29, 1.82) is 0 Å². The number of nitrogens with zero attached hydrogens (tertiary/aromatic N) is 1. The van der Waals surface area contributed by atoms with Crippen LogP contribution in [0.5, 0.6) is 0 Å². The lowest BCUT2D eigenvalue weighted by Crippen LogP contribution is -1.90. The van der Waals surface area contributed by atoms with Crippen LogP contribution in [0.1, 0.15) is 5.56 Å². The fourth-order valence-electron chi connectivity index (χ4n) is 2.44. The molecule has 0 atom stereocenters. The number of allylic oxidation sites excluding steroid dienone is 1. The molecule has 3 nitrogen and oxygen atoms in total. The number of hydrogen-bond acceptors (Lipinski definition) is 3. The Balaban J connectivity index is 1.75. The number of aliphatic imine (C=N–C) groups is 1. The summed E-state index contributed by atoms with van der Waals surface area (Å²) in [5.74, 6) is 0. The van der Waals surface area contributed by atoms with Crippen LogP contribution in [-0.4, -0.2) is 11.2 Å². The van der Waals surface area contributed by atoms with E-state index in [-0.39, 0.29) is 0 Å². The number of benzene rings is 2. The van der Waals surface area contributed by atoms with Crippen LogP contribution in [-0.2, 0) is 0 Å². The highest BCUT2D eigenvalue weighted by molar-refractivity contribution is 8.04. The van der Waals surface area contributed by atoms with Crippen molar-refractivity contribution in [1.82, 2.24) is 4.98 Å². The molecule has 2 aromatic carbocycles. The fourth-order valence-corrected chi connectivity index (χ4v) is 3.40. The van der Waals surface area contributed by atoms with E-state index in [2.05, 4.69) is 34.3 Å². The number of thioether (sulfide) groups is 1. The first-order chi connectivity index (χ1) is 10.3. The summed E-state index contributed by atoms with van der Waals surface area (Å²) in [6.45, 7) is 0. The normalized spacial score (nSPS) is 15.5. The lowest BCUT2D eigenvalue weighted by atomic mass is 10.1. The zero-order valence-electron chi connectivity index (χ0n) is 11.2. The Hall–Kier alpha value is -2.46. The van der Waals surface area contributed by atoms with Gasteiger partial charge in [-0.05, 0) is 30.3 Å². The average Bonchev–Trinajstić information content (AvgIpc) is 2.90. The minimum atomic E-state index is 0.768. The van der Waals surface area contributed by atoms with E-state index in [9.17, 15) is 0 Å². The molecule has 1 aliphatic heterocycles. The highest BCUT2D eigenvalue weighted by Gasteiger charge is 2.11. The number of para-hydroxylation sites is 1. The number of aromatic nitrogens is 1. The van der Waals surface area contributed by atoms with Crippen molar-refractivity contribution in [2.45, 2.75) is 4.90 Å². The molecular weight excluding hydrogens is 278 g/mol. The molecule has 1 aliphatic rings. The van der Waals surface area contributed by atoms with Gasteiger partial charge in [0.15, 0.2) is 0 Å². The van der Waals surface area contributed by atoms with Crippen molar-refractivity contribution in [2.75, 3.05) is 5.73 Å². The minimum absolute atomic E-state index is 0.768. The van der Waals surface area contributed by atoms with Gasteiger partial charge in [-0.3, -0.25) is 4.99 Å². The van der Waals surface area contributed by atoms with Crippen molar-refractivity contribution in [3.05, 3.63) is 59.1 Å². The average molecular weight is 291 g/mol. The number of nitrogen functional groups attached to an aromatic ring is 1. The van der Waals surface area contributed by atoms with Gasteiger partial charge < -0.3 is 10.7 Å². The topological polar surface area (TPSA) is 54.2 Å². The van der Waals surface area contributed by atoms with Gasteiger partial charge in [-0.2, -0.15) is 0 Å². The molecule has 3 N–H and O–H groups in total. The summed E-state index contributed by atoms with van der Waals surface area (Å²) >= 11 is 1.70. The maximum Gasteiger partial charge on any atom is 0.0771 e. The Morgan fingerprint density at radius 2 is 2.05 bits per heavy atom. The number of rotatable bonds is 1. The molecule has 3 aromatic rings. The van der Waals surface area contributed by atoms with Gasteiger partial charge in [-0.1, -0.05) is 30.0 Å². The molecule has 102 valence electrons. The standard InChI is InChI=1S/C17H13N3S/c18-12-5-6-16-17(8-12)21-13(10-20-16)7-11-9-19-15-4-2-1-3-14(11)15/h1-10,19H,18H2. The number of H-pyrrole nitrogens is 1. The smallest absolute Gasteiger partial charge is 0.0771 e. The Labute approximate surface area is 126 Å². The molecular formula is C17H13N3S. The molecule has 0 spiro atoms. The molecule has 21 heavy (non-hydrogen) atoms. The predicted octanol–water partition coefficient (Wildman–Crippen LogP) is 4.60. The van der Waals surface area contributed by atoms with E-state index in [0.29, 0.717) is 0 Å². The molecule has 4 heteroatoms. The van der Waals surface area contributed by atoms with E-state index in [4.69, 9.17) is 5.73 Å². The van der Waals surface area contributed by atoms with E-state index >= 15 is 0 Å². The lowest BCUT2D eigenvalue weighted by Gasteiger charge is -2.11. The molecule has 0 bridgehead atoms. The molecule has 0 amide bonds. The molecule has 4 rings (SSSR count). The van der Waals surface area contributed by atoms with Crippen LogP contribution in [0.3, 0.4) is 0 Å². The van der Waals surface area contributed by atoms with Crippen LogP contribution < -0.4 is 5.73 Å². The lowest BCUT2D eigenvalue weighted by molar-refractivity contribution is 1.38. The molecule has 0 radical (unpaired) electrons. The predicted molar refractivity (Wildman–Crippen MR) is 91.1 cm³/mol. The molecule has 0 unspecified atom stereocenters. The van der Waals surface area contributed by atoms with Crippen molar-refractivity contribution < 1.29 is 0 Å². The van der Waals surface area contributed by atoms with Crippen LogP contribution in [0.4, 0.5) is 11.4 Å². The molecule has 1 aromatic heterocycles. The number of hydrogen-bond donors (Lipinski definition) is 2. The minimum Gasteiger partial charge on any atom is -0.399 e. The summed E-state index contributed by atoms with van der Waals surface area (Å²) < 4.78 is 0. The van der Waals surface area contributed by atoms with Gasteiger partial charge in [-0.25, -0.2) is 0 Å². The van der Waals surface area contributed by atoms with Gasteiger partial charge in [0, 0.05) is 44.4 Å². The Morgan fingerprint density at radius 1 is 1.14 bits per heavy atom. The Kier molecular flexibility index (Phi) is 2.82. The monoisotopic (exact) mass is 291 g/mol. The summed E-state index contributed by atoms with van der Waals surface area (Å²) in [6, 6.07) is 14.1. The first-order valence-electron chi connectivity index (χ1n) is 6.69. The summed E-state index contributed by atoms with van der Waals surface area (Å²) in [5.41, 5.74) is 9.91. The van der Waals surface area contributed by atoms with E-state index in [1.54, 1.807) is 11.8 Å². The Morgan fingerprint density at radius 3 is 3.00 bits per heavy atom. The first kappa shape index (κ1) is 12.3. The van der Waals surface area contributed by atoms with Crippen LogP contribution >= 0.6 is 11.8 Å². The van der Waals surface area contributed by atoms with Crippen LogP contribution in [0, 0.1) is 0 Å². The molecule has 0 aliphatic carbocycles. The van der Waals surface area contributed by atoms with E-state index in [1.807, 2.05) is 36.7 Å². The zero-order chi connectivity index (χ0) is 14.2. The zero-order valence-corrected chi connectivity index (χ0v) is 12.0. The number of anilines is 1. The summed E-state index contributed by atoms with van der Waals surface area (Å²) in [7, 11) is 0. The fraction of sp³-hybridized carbons (Fsp3) is 0. The van der Waals surface area contributed by atoms with E-state index in [0.717, 1.165) is 26.7 Å². The first-order valence-corrected chi connectivity index (χ1v) is 7.50. The molecule has 0 fully saturated rings. The van der Waals surface area contributed by atoms with Gasteiger partial charge >= 0.3 is 0 Å². The third-order valence-corrected chi connectivity index (χ3v) is 4.47. The van der Waals surface area contributed by atoms with Crippen molar-refractivity contribution in [3.63, 3.8) is 0 Å². The third-order valence-electron chi connectivity index (χ3n) is 3.46. The van der Waals surface area contributed by atoms with Gasteiger partial charge in [0.05, 0.1) is 5.69 Å². The number of nitrogens with two attached hydrogens (primary N) is 1. The molecule has 2 heterocycles. The maximum atomic E-state index is 5.85. The summed E-state index contributed by atoms with van der Waals surface area (Å²) in [5, 5.41) is 1.22. The van der Waals surface area contributed by atoms with Crippen molar-refractivity contribution in [2.24, 2.45) is 4.99 Å². The highest BCUT2D eigenvalue weighted by Crippen LogP contribution is 2.39. The van der Waals surface area contributed by atoms with Crippen LogP contribution in [0.25, 0.3) is 17.0 Å². The largest absolute Gasteiger partial charge is 0.399 e.